The largest absolute Gasteiger partial charge is 0.453 e. The molecule has 4 nitrogen and oxygen atoms in total. The van der Waals surface area contributed by atoms with Gasteiger partial charge in [0.2, 0.25) is 0 Å². The van der Waals surface area contributed by atoms with Crippen molar-refractivity contribution in [1.82, 2.24) is 10.3 Å². The molecule has 0 fully saturated rings. The fourth-order valence-electron chi connectivity index (χ4n) is 1.63. The Hall–Kier alpha value is -1.97. The van der Waals surface area contributed by atoms with Crippen molar-refractivity contribution in [2.24, 2.45) is 0 Å². The van der Waals surface area contributed by atoms with Crippen molar-refractivity contribution < 1.29 is 9.53 Å². The molecule has 16 heavy (non-hydrogen) atoms. The summed E-state index contributed by atoms with van der Waals surface area (Å²) in [6, 6.07) is 8.26. The first kappa shape index (κ1) is 10.5. The second kappa shape index (κ2) is 4.70. The first-order chi connectivity index (χ1) is 7.79. The number of carbonyl (C=O) groups is 1. The van der Waals surface area contributed by atoms with E-state index in [4.69, 9.17) is 0 Å². The minimum atomic E-state index is -0.388. The molecule has 2 aromatic rings. The topological polar surface area (TPSA) is 54.1 Å². The Morgan fingerprint density at radius 3 is 3.12 bits per heavy atom. The molecule has 2 N–H and O–H groups in total. The molecule has 1 aromatic heterocycles. The van der Waals surface area contributed by atoms with Crippen LogP contribution in [-0.4, -0.2) is 24.7 Å². The molecule has 2 rings (SSSR count). The van der Waals surface area contributed by atoms with Gasteiger partial charge in [-0.3, -0.25) is 0 Å². The molecule has 0 atom stereocenters. The molecule has 0 saturated heterocycles. The van der Waals surface area contributed by atoms with Crippen molar-refractivity contribution in [2.75, 3.05) is 13.7 Å². The average Bonchev–Trinajstić information content (AvgIpc) is 2.76. The standard InChI is InChI=1S/C12H14N2O2/c1-16-12(15)14-6-4-9-2-3-10-5-7-13-11(10)8-9/h2-3,5,7-8,13H,4,6H2,1H3,(H,14,15). The lowest BCUT2D eigenvalue weighted by Gasteiger charge is -2.03. The van der Waals surface area contributed by atoms with Crippen LogP contribution in [-0.2, 0) is 11.2 Å². The van der Waals surface area contributed by atoms with Crippen molar-refractivity contribution in [3.63, 3.8) is 0 Å². The van der Waals surface area contributed by atoms with Crippen LogP contribution in [0, 0.1) is 0 Å². The van der Waals surface area contributed by atoms with Gasteiger partial charge in [0.15, 0.2) is 0 Å². The molecule has 1 heterocycles. The van der Waals surface area contributed by atoms with E-state index in [2.05, 4.69) is 33.2 Å². The van der Waals surface area contributed by atoms with E-state index in [1.54, 1.807) is 0 Å². The van der Waals surface area contributed by atoms with Crippen LogP contribution in [0.3, 0.4) is 0 Å². The van der Waals surface area contributed by atoms with E-state index in [0.717, 1.165) is 11.9 Å². The van der Waals surface area contributed by atoms with Gasteiger partial charge >= 0.3 is 6.09 Å². The van der Waals surface area contributed by atoms with E-state index in [-0.39, 0.29) is 6.09 Å². The van der Waals surface area contributed by atoms with E-state index >= 15 is 0 Å². The normalized spacial score (nSPS) is 10.3. The van der Waals surface area contributed by atoms with E-state index in [0.29, 0.717) is 6.54 Å². The van der Waals surface area contributed by atoms with Gasteiger partial charge in [-0.1, -0.05) is 12.1 Å². The number of hydrogen-bond donors (Lipinski definition) is 2. The number of benzene rings is 1. The molecule has 1 aromatic carbocycles. The number of nitrogens with one attached hydrogen (secondary N) is 2. The zero-order chi connectivity index (χ0) is 11.4. The smallest absolute Gasteiger partial charge is 0.406 e. The summed E-state index contributed by atoms with van der Waals surface area (Å²) in [4.78, 5) is 14.0. The maximum Gasteiger partial charge on any atom is 0.406 e. The molecule has 0 bridgehead atoms. The summed E-state index contributed by atoms with van der Waals surface area (Å²) in [7, 11) is 1.36. The summed E-state index contributed by atoms with van der Waals surface area (Å²) in [6.45, 7) is 0.582. The summed E-state index contributed by atoms with van der Waals surface area (Å²) >= 11 is 0. The lowest BCUT2D eigenvalue weighted by Crippen LogP contribution is -2.25. The van der Waals surface area contributed by atoms with Gasteiger partial charge in [0.25, 0.3) is 0 Å². The van der Waals surface area contributed by atoms with Gasteiger partial charge in [-0.05, 0) is 29.5 Å². The zero-order valence-corrected chi connectivity index (χ0v) is 9.12. The summed E-state index contributed by atoms with van der Waals surface area (Å²) in [5, 5.41) is 3.85. The van der Waals surface area contributed by atoms with E-state index in [1.807, 2.05) is 12.3 Å². The number of rotatable bonds is 3. The van der Waals surface area contributed by atoms with Crippen molar-refractivity contribution in [3.8, 4) is 0 Å². The van der Waals surface area contributed by atoms with E-state index < -0.39 is 0 Å². The van der Waals surface area contributed by atoms with Gasteiger partial charge in [-0.25, -0.2) is 4.79 Å². The third-order valence-corrected chi connectivity index (χ3v) is 2.49. The van der Waals surface area contributed by atoms with Crippen LogP contribution >= 0.6 is 0 Å². The van der Waals surface area contributed by atoms with E-state index in [9.17, 15) is 4.79 Å². The fourth-order valence-corrected chi connectivity index (χ4v) is 1.63. The number of hydrogen-bond acceptors (Lipinski definition) is 2. The highest BCUT2D eigenvalue weighted by atomic mass is 16.5. The highest BCUT2D eigenvalue weighted by Gasteiger charge is 2.00. The summed E-state index contributed by atoms with van der Waals surface area (Å²) in [5.41, 5.74) is 2.31. The molecule has 0 saturated carbocycles. The summed E-state index contributed by atoms with van der Waals surface area (Å²) in [5.74, 6) is 0. The molecule has 0 aliphatic rings. The number of ether oxygens (including phenoxy) is 1. The molecule has 84 valence electrons. The molecule has 1 amide bonds. The van der Waals surface area contributed by atoms with Gasteiger partial charge in [0, 0.05) is 18.3 Å². The Kier molecular flexibility index (Phi) is 3.10. The fraction of sp³-hybridized carbons (Fsp3) is 0.250. The van der Waals surface area contributed by atoms with Crippen LogP contribution in [0.25, 0.3) is 10.9 Å². The maximum absolute atomic E-state index is 10.8. The number of amides is 1. The Bertz CT molecular complexity index is 490. The molecular formula is C12H14N2O2. The molecule has 4 heteroatoms. The highest BCUT2D eigenvalue weighted by molar-refractivity contribution is 5.79. The SMILES string of the molecule is COC(=O)NCCc1ccc2cc[nH]c2c1. The molecule has 0 unspecified atom stereocenters. The van der Waals surface area contributed by atoms with Crippen LogP contribution in [0.15, 0.2) is 30.5 Å². The number of aromatic nitrogens is 1. The van der Waals surface area contributed by atoms with Crippen LogP contribution in [0.1, 0.15) is 5.56 Å². The molecule has 0 aliphatic carbocycles. The van der Waals surface area contributed by atoms with Gasteiger partial charge < -0.3 is 15.0 Å². The lowest BCUT2D eigenvalue weighted by molar-refractivity contribution is 0.171. The van der Waals surface area contributed by atoms with Crippen LogP contribution in [0.5, 0.6) is 0 Å². The Balaban J connectivity index is 1.96. The minimum Gasteiger partial charge on any atom is -0.453 e. The maximum atomic E-state index is 10.8. The number of carbonyl (C=O) groups excluding carboxylic acids is 1. The predicted octanol–water partition coefficient (Wildman–Crippen LogP) is 2.07. The summed E-state index contributed by atoms with van der Waals surface area (Å²) in [6.07, 6.45) is 2.33. The summed E-state index contributed by atoms with van der Waals surface area (Å²) < 4.78 is 4.49. The second-order valence-electron chi connectivity index (χ2n) is 3.57. The highest BCUT2D eigenvalue weighted by Crippen LogP contribution is 2.14. The van der Waals surface area contributed by atoms with Crippen molar-refractivity contribution >= 4 is 17.0 Å². The monoisotopic (exact) mass is 218 g/mol. The van der Waals surface area contributed by atoms with Crippen LogP contribution in [0.4, 0.5) is 4.79 Å². The zero-order valence-electron chi connectivity index (χ0n) is 9.12. The quantitative estimate of drug-likeness (QED) is 0.828. The first-order valence-electron chi connectivity index (χ1n) is 5.17. The Morgan fingerprint density at radius 1 is 1.44 bits per heavy atom. The van der Waals surface area contributed by atoms with Gasteiger partial charge in [0.1, 0.15) is 0 Å². The van der Waals surface area contributed by atoms with Gasteiger partial charge in [0.05, 0.1) is 7.11 Å². The molecule has 0 aliphatic heterocycles. The number of fused-ring (bicyclic) bond motifs is 1. The molecule has 0 radical (unpaired) electrons. The third-order valence-electron chi connectivity index (χ3n) is 2.49. The minimum absolute atomic E-state index is 0.388. The molecule has 0 spiro atoms. The van der Waals surface area contributed by atoms with Crippen molar-refractivity contribution in [1.29, 1.82) is 0 Å². The van der Waals surface area contributed by atoms with E-state index in [1.165, 1.54) is 18.1 Å². The van der Waals surface area contributed by atoms with Crippen molar-refractivity contribution in [3.05, 3.63) is 36.0 Å². The van der Waals surface area contributed by atoms with Crippen LogP contribution in [0.2, 0.25) is 0 Å². The number of aromatic amines is 1. The Morgan fingerprint density at radius 2 is 2.31 bits per heavy atom. The number of H-pyrrole nitrogens is 1. The molecular weight excluding hydrogens is 204 g/mol. The number of methoxy groups -OCH3 is 1. The number of alkyl carbamates (subject to hydrolysis) is 1. The van der Waals surface area contributed by atoms with Crippen LogP contribution < -0.4 is 5.32 Å². The predicted molar refractivity (Wildman–Crippen MR) is 62.4 cm³/mol. The average molecular weight is 218 g/mol. The Labute approximate surface area is 93.6 Å². The lowest BCUT2D eigenvalue weighted by atomic mass is 10.1. The van der Waals surface area contributed by atoms with Crippen molar-refractivity contribution in [2.45, 2.75) is 6.42 Å². The van der Waals surface area contributed by atoms with Gasteiger partial charge in [-0.15, -0.1) is 0 Å². The first-order valence-corrected chi connectivity index (χ1v) is 5.17. The third kappa shape index (κ3) is 2.34. The van der Waals surface area contributed by atoms with Gasteiger partial charge in [-0.2, -0.15) is 0 Å². The second-order valence-corrected chi connectivity index (χ2v) is 3.57.